The first kappa shape index (κ1) is 28.9. The predicted octanol–water partition coefficient (Wildman–Crippen LogP) is 5.74. The number of hydrogen-bond acceptors (Lipinski definition) is 6. The van der Waals surface area contributed by atoms with E-state index >= 15 is 4.39 Å². The van der Waals surface area contributed by atoms with Gasteiger partial charge in [0.25, 0.3) is 5.91 Å². The maximum atomic E-state index is 16.1. The van der Waals surface area contributed by atoms with Crippen LogP contribution in [0.2, 0.25) is 0 Å². The number of benzene rings is 2. The molecular weight excluding hydrogens is 545 g/mol. The molecule has 6 rings (SSSR count). The summed E-state index contributed by atoms with van der Waals surface area (Å²) >= 11 is 0. The van der Waals surface area contributed by atoms with E-state index in [-0.39, 0.29) is 16.9 Å². The SMILES string of the molecule is C=CC=N/C(=C\C)C1CCN(c2c(F)cc3c(=O)c(C(=O)NCCC4CCCN4C)cn4c3c2Oc2cc(C)ccc2-4)C1. The quantitative estimate of drug-likeness (QED) is 0.268. The zero-order valence-corrected chi connectivity index (χ0v) is 25.0. The number of aliphatic imine (C=N–C) groups is 1. The normalized spacial score (nSPS) is 20.1. The third-order valence-electron chi connectivity index (χ3n) is 8.98. The number of nitrogens with zero attached hydrogens (tertiary/aromatic N) is 4. The minimum absolute atomic E-state index is 0.0159. The number of nitrogens with one attached hydrogen (secondary N) is 1. The number of allylic oxidation sites excluding steroid dienone is 2. The molecule has 0 spiro atoms. The van der Waals surface area contributed by atoms with E-state index in [4.69, 9.17) is 4.74 Å². The van der Waals surface area contributed by atoms with Crippen LogP contribution >= 0.6 is 0 Å². The number of halogens is 1. The van der Waals surface area contributed by atoms with Crippen molar-refractivity contribution >= 4 is 28.7 Å². The molecule has 2 unspecified atom stereocenters. The molecule has 8 nitrogen and oxygen atoms in total. The molecule has 2 aromatic carbocycles. The number of aromatic nitrogens is 1. The smallest absolute Gasteiger partial charge is 0.256 e. The van der Waals surface area contributed by atoms with Gasteiger partial charge in [-0.05, 0) is 76.9 Å². The van der Waals surface area contributed by atoms with Crippen LogP contribution in [0.1, 0.15) is 48.5 Å². The second kappa shape index (κ2) is 11.8. The molecule has 0 radical (unpaired) electrons. The van der Waals surface area contributed by atoms with Crippen LogP contribution in [0.4, 0.5) is 10.1 Å². The molecule has 2 fully saturated rings. The standard InChI is InChI=1S/C34H38FN5O3/c1-5-13-36-27(6-2)22-12-16-39(19-22)31-26(35)18-24-30-33(31)43-29-17-21(3)9-10-28(29)40(30)20-25(32(24)41)34(42)37-14-11-23-8-7-15-38(23)4/h5-6,9-10,13,17-18,20,22-23H,1,7-8,11-12,14-16,19H2,2-4H3,(H,37,42)/b27-6-,36-13?. The van der Waals surface area contributed by atoms with E-state index in [0.717, 1.165) is 43.5 Å². The van der Waals surface area contributed by atoms with Gasteiger partial charge in [-0.2, -0.15) is 0 Å². The van der Waals surface area contributed by atoms with E-state index < -0.39 is 17.2 Å². The Hall–Kier alpha value is -4.24. The summed E-state index contributed by atoms with van der Waals surface area (Å²) in [7, 11) is 2.10. The van der Waals surface area contributed by atoms with Crippen LogP contribution in [0.25, 0.3) is 16.6 Å². The molecule has 0 bridgehead atoms. The lowest BCUT2D eigenvalue weighted by atomic mass is 10.0. The van der Waals surface area contributed by atoms with Crippen molar-refractivity contribution in [3.05, 3.63) is 82.1 Å². The number of carbonyl (C=O) groups is 1. The highest BCUT2D eigenvalue weighted by molar-refractivity contribution is 6.01. The number of hydrogen-bond donors (Lipinski definition) is 1. The Kier molecular flexibility index (Phi) is 7.92. The molecule has 1 amide bonds. The molecule has 1 aromatic heterocycles. The van der Waals surface area contributed by atoms with Crippen LogP contribution in [0, 0.1) is 18.7 Å². The van der Waals surface area contributed by atoms with Crippen molar-refractivity contribution < 1.29 is 13.9 Å². The second-order valence-electron chi connectivity index (χ2n) is 11.7. The summed E-state index contributed by atoms with van der Waals surface area (Å²) in [5.41, 5.74) is 2.84. The minimum Gasteiger partial charge on any atom is -0.451 e. The molecule has 0 aliphatic carbocycles. The van der Waals surface area contributed by atoms with Gasteiger partial charge in [-0.15, -0.1) is 0 Å². The van der Waals surface area contributed by atoms with Gasteiger partial charge in [-0.1, -0.05) is 24.8 Å². The van der Waals surface area contributed by atoms with Gasteiger partial charge < -0.3 is 24.4 Å². The van der Waals surface area contributed by atoms with Crippen molar-refractivity contribution in [1.82, 2.24) is 14.8 Å². The fourth-order valence-electron chi connectivity index (χ4n) is 6.72. The maximum absolute atomic E-state index is 16.1. The molecule has 1 N–H and O–H groups in total. The van der Waals surface area contributed by atoms with E-state index in [9.17, 15) is 9.59 Å². The Morgan fingerprint density at radius 2 is 2.09 bits per heavy atom. The van der Waals surface area contributed by atoms with Gasteiger partial charge >= 0.3 is 0 Å². The number of pyridine rings is 1. The molecule has 2 saturated heterocycles. The van der Waals surface area contributed by atoms with Crippen LogP contribution in [0.5, 0.6) is 11.5 Å². The highest BCUT2D eigenvalue weighted by Gasteiger charge is 2.34. The fraction of sp³-hybridized carbons (Fsp3) is 0.382. The monoisotopic (exact) mass is 583 g/mol. The van der Waals surface area contributed by atoms with Crippen molar-refractivity contribution in [3.8, 4) is 17.2 Å². The van der Waals surface area contributed by atoms with Crippen molar-refractivity contribution in [1.29, 1.82) is 0 Å². The third kappa shape index (κ3) is 5.27. The zero-order chi connectivity index (χ0) is 30.2. The molecule has 224 valence electrons. The summed E-state index contributed by atoms with van der Waals surface area (Å²) in [4.78, 5) is 35.9. The molecule has 9 heteroatoms. The Balaban J connectivity index is 1.41. The van der Waals surface area contributed by atoms with Crippen molar-refractivity contribution in [3.63, 3.8) is 0 Å². The number of fused-ring (bicyclic) bond motifs is 2. The minimum atomic E-state index is -0.554. The fourth-order valence-corrected chi connectivity index (χ4v) is 6.72. The third-order valence-corrected chi connectivity index (χ3v) is 8.98. The Labute approximate surface area is 251 Å². The average molecular weight is 584 g/mol. The van der Waals surface area contributed by atoms with Crippen LogP contribution in [0.15, 0.2) is 64.7 Å². The lowest BCUT2D eigenvalue weighted by Crippen LogP contribution is -2.34. The zero-order valence-electron chi connectivity index (χ0n) is 25.0. The number of amides is 1. The first-order chi connectivity index (χ1) is 20.8. The van der Waals surface area contributed by atoms with Crippen LogP contribution < -0.4 is 20.4 Å². The van der Waals surface area contributed by atoms with Gasteiger partial charge in [0.2, 0.25) is 5.43 Å². The number of aryl methyl sites for hydroxylation is 1. The van der Waals surface area contributed by atoms with E-state index in [1.165, 1.54) is 6.07 Å². The summed E-state index contributed by atoms with van der Waals surface area (Å²) in [6.45, 7) is 10.3. The van der Waals surface area contributed by atoms with Crippen molar-refractivity contribution in [2.75, 3.05) is 38.1 Å². The highest BCUT2D eigenvalue weighted by atomic mass is 19.1. The number of ether oxygens (including phenoxy) is 1. The van der Waals surface area contributed by atoms with Gasteiger partial charge in [0.05, 0.1) is 11.1 Å². The molecule has 2 atom stereocenters. The summed E-state index contributed by atoms with van der Waals surface area (Å²) < 4.78 is 24.4. The summed E-state index contributed by atoms with van der Waals surface area (Å²) in [6.07, 6.45) is 10.7. The number of carbonyl (C=O) groups excluding carboxylic acids is 1. The summed E-state index contributed by atoms with van der Waals surface area (Å²) in [5, 5.41) is 3.06. The Morgan fingerprint density at radius 1 is 1.26 bits per heavy atom. The Bertz CT molecular complexity index is 1730. The second-order valence-corrected chi connectivity index (χ2v) is 11.7. The number of anilines is 1. The summed E-state index contributed by atoms with van der Waals surface area (Å²) in [5.74, 6) is -0.0665. The van der Waals surface area contributed by atoms with Gasteiger partial charge in [0.1, 0.15) is 16.8 Å². The lowest BCUT2D eigenvalue weighted by molar-refractivity contribution is 0.0949. The first-order valence-corrected chi connectivity index (χ1v) is 15.1. The molecular formula is C34H38FN5O3. The van der Waals surface area contributed by atoms with Crippen LogP contribution in [-0.2, 0) is 0 Å². The maximum Gasteiger partial charge on any atom is 0.256 e. The molecule has 43 heavy (non-hydrogen) atoms. The van der Waals surface area contributed by atoms with E-state index in [1.54, 1.807) is 18.5 Å². The van der Waals surface area contributed by atoms with Crippen molar-refractivity contribution in [2.24, 2.45) is 10.9 Å². The molecule has 3 aromatic rings. The average Bonchev–Trinajstić information content (AvgIpc) is 3.63. The van der Waals surface area contributed by atoms with Gasteiger partial charge in [0, 0.05) is 49.7 Å². The van der Waals surface area contributed by atoms with E-state index in [1.807, 2.05) is 47.6 Å². The van der Waals surface area contributed by atoms with Crippen molar-refractivity contribution in [2.45, 2.75) is 45.6 Å². The van der Waals surface area contributed by atoms with Gasteiger partial charge in [-0.25, -0.2) is 4.39 Å². The topological polar surface area (TPSA) is 79.2 Å². The molecule has 3 aliphatic heterocycles. The predicted molar refractivity (Wildman–Crippen MR) is 170 cm³/mol. The summed E-state index contributed by atoms with van der Waals surface area (Å²) in [6, 6.07) is 7.43. The first-order valence-electron chi connectivity index (χ1n) is 15.1. The van der Waals surface area contributed by atoms with E-state index in [0.29, 0.717) is 54.1 Å². The highest BCUT2D eigenvalue weighted by Crippen LogP contribution is 2.48. The lowest BCUT2D eigenvalue weighted by Gasteiger charge is -2.29. The van der Waals surface area contributed by atoms with Crippen LogP contribution in [0.3, 0.4) is 0 Å². The van der Waals surface area contributed by atoms with Gasteiger partial charge in [0.15, 0.2) is 17.3 Å². The largest absolute Gasteiger partial charge is 0.451 e. The molecule has 4 heterocycles. The molecule has 0 saturated carbocycles. The molecule has 3 aliphatic rings. The number of likely N-dealkylation sites (tertiary alicyclic amines) is 1. The Morgan fingerprint density at radius 3 is 2.84 bits per heavy atom. The van der Waals surface area contributed by atoms with Gasteiger partial charge in [-0.3, -0.25) is 14.6 Å². The number of rotatable bonds is 8. The van der Waals surface area contributed by atoms with E-state index in [2.05, 4.69) is 28.8 Å². The van der Waals surface area contributed by atoms with Crippen LogP contribution in [-0.4, -0.2) is 60.9 Å².